The Kier molecular flexibility index (Phi) is 4.87. The van der Waals surface area contributed by atoms with E-state index in [2.05, 4.69) is 5.32 Å². The van der Waals surface area contributed by atoms with Crippen molar-refractivity contribution in [2.45, 2.75) is 27.2 Å². The normalized spacial score (nSPS) is 13.3. The average molecular weight is 274 g/mol. The van der Waals surface area contributed by atoms with Gasteiger partial charge in [-0.2, -0.15) is 5.26 Å². The summed E-state index contributed by atoms with van der Waals surface area (Å²) >= 11 is 0. The summed E-state index contributed by atoms with van der Waals surface area (Å²) in [4.78, 5) is 23.3. The number of aliphatic carboxylic acids is 1. The van der Waals surface area contributed by atoms with Crippen molar-refractivity contribution in [2.75, 3.05) is 5.32 Å². The van der Waals surface area contributed by atoms with Gasteiger partial charge in [0.25, 0.3) is 0 Å². The Morgan fingerprint density at radius 1 is 1.35 bits per heavy atom. The smallest absolute Gasteiger partial charge is 0.310 e. The number of carboxylic acids is 1. The Labute approximate surface area is 118 Å². The molecular weight excluding hydrogens is 256 g/mol. The van der Waals surface area contributed by atoms with Crippen molar-refractivity contribution >= 4 is 17.6 Å². The van der Waals surface area contributed by atoms with Crippen LogP contribution in [-0.2, 0) is 9.59 Å². The first-order valence-electron chi connectivity index (χ1n) is 6.33. The number of carbonyl (C=O) groups is 2. The zero-order valence-electron chi connectivity index (χ0n) is 11.8. The summed E-state index contributed by atoms with van der Waals surface area (Å²) in [5.74, 6) is -1.50. The average Bonchev–Trinajstić information content (AvgIpc) is 2.38. The van der Waals surface area contributed by atoms with E-state index in [0.717, 1.165) is 0 Å². The van der Waals surface area contributed by atoms with Crippen LogP contribution in [0, 0.1) is 22.7 Å². The number of hydrogen-bond donors (Lipinski definition) is 2. The molecule has 0 saturated carbocycles. The van der Waals surface area contributed by atoms with Gasteiger partial charge in [0.1, 0.15) is 0 Å². The summed E-state index contributed by atoms with van der Waals surface area (Å²) < 4.78 is 0. The Bertz CT molecular complexity index is 543. The number of carboxylic acid groups (broad SMARTS) is 1. The first-order chi connectivity index (χ1) is 9.29. The van der Waals surface area contributed by atoms with Crippen LogP contribution in [0.1, 0.15) is 32.8 Å². The van der Waals surface area contributed by atoms with Gasteiger partial charge < -0.3 is 10.4 Å². The summed E-state index contributed by atoms with van der Waals surface area (Å²) in [6.07, 6.45) is -0.0972. The van der Waals surface area contributed by atoms with Crippen molar-refractivity contribution in [1.29, 1.82) is 5.26 Å². The summed E-state index contributed by atoms with van der Waals surface area (Å²) in [6, 6.07) is 8.40. The van der Waals surface area contributed by atoms with Gasteiger partial charge in [-0.15, -0.1) is 0 Å². The largest absolute Gasteiger partial charge is 0.481 e. The number of hydrogen-bond acceptors (Lipinski definition) is 3. The molecule has 0 aliphatic carbocycles. The van der Waals surface area contributed by atoms with Crippen molar-refractivity contribution in [3.8, 4) is 6.07 Å². The topological polar surface area (TPSA) is 90.2 Å². The van der Waals surface area contributed by atoms with Crippen molar-refractivity contribution in [2.24, 2.45) is 11.3 Å². The second kappa shape index (κ2) is 6.20. The van der Waals surface area contributed by atoms with Gasteiger partial charge in [0.2, 0.25) is 5.91 Å². The zero-order valence-corrected chi connectivity index (χ0v) is 11.8. The lowest BCUT2D eigenvalue weighted by atomic mass is 9.76. The monoisotopic (exact) mass is 274 g/mol. The maximum Gasteiger partial charge on any atom is 0.310 e. The van der Waals surface area contributed by atoms with E-state index in [4.69, 9.17) is 5.26 Å². The predicted octanol–water partition coefficient (Wildman–Crippen LogP) is 2.63. The number of amides is 1. The van der Waals surface area contributed by atoms with Crippen LogP contribution < -0.4 is 5.32 Å². The minimum Gasteiger partial charge on any atom is -0.481 e. The Morgan fingerprint density at radius 2 is 1.90 bits per heavy atom. The van der Waals surface area contributed by atoms with Crippen LogP contribution in [0.4, 0.5) is 5.69 Å². The molecule has 1 unspecified atom stereocenters. The number of nitriles is 1. The molecule has 0 fully saturated rings. The van der Waals surface area contributed by atoms with Gasteiger partial charge in [-0.3, -0.25) is 9.59 Å². The molecule has 20 heavy (non-hydrogen) atoms. The fourth-order valence-electron chi connectivity index (χ4n) is 1.69. The van der Waals surface area contributed by atoms with E-state index in [-0.39, 0.29) is 18.2 Å². The minimum atomic E-state index is -1.10. The second-order valence-corrected chi connectivity index (χ2v) is 5.29. The third-order valence-corrected chi connectivity index (χ3v) is 3.59. The van der Waals surface area contributed by atoms with Gasteiger partial charge in [-0.05, 0) is 37.1 Å². The maximum atomic E-state index is 12.0. The SMILES string of the molecule is CC(C)C(C)(CC(=O)Nc1ccc(C#N)cc1)C(=O)O. The van der Waals surface area contributed by atoms with Crippen LogP contribution in [0.5, 0.6) is 0 Å². The van der Waals surface area contributed by atoms with E-state index >= 15 is 0 Å². The lowest BCUT2D eigenvalue weighted by molar-refractivity contribution is -0.153. The fourth-order valence-corrected chi connectivity index (χ4v) is 1.69. The molecule has 5 heteroatoms. The zero-order chi connectivity index (χ0) is 15.3. The Morgan fingerprint density at radius 3 is 2.30 bits per heavy atom. The van der Waals surface area contributed by atoms with Gasteiger partial charge in [-0.1, -0.05) is 13.8 Å². The van der Waals surface area contributed by atoms with Gasteiger partial charge in [0.15, 0.2) is 0 Å². The van der Waals surface area contributed by atoms with E-state index in [1.807, 2.05) is 6.07 Å². The first-order valence-corrected chi connectivity index (χ1v) is 6.33. The molecule has 1 aromatic carbocycles. The quantitative estimate of drug-likeness (QED) is 0.863. The highest BCUT2D eigenvalue weighted by molar-refractivity contribution is 5.94. The molecule has 0 aliphatic rings. The number of carbonyl (C=O) groups excluding carboxylic acids is 1. The van der Waals surface area contributed by atoms with E-state index in [1.165, 1.54) is 0 Å². The van der Waals surface area contributed by atoms with Crippen molar-refractivity contribution in [3.05, 3.63) is 29.8 Å². The van der Waals surface area contributed by atoms with Crippen LogP contribution in [0.25, 0.3) is 0 Å². The van der Waals surface area contributed by atoms with Crippen molar-refractivity contribution in [3.63, 3.8) is 0 Å². The molecule has 0 aromatic heterocycles. The van der Waals surface area contributed by atoms with Crippen LogP contribution in [0.2, 0.25) is 0 Å². The molecule has 0 spiro atoms. The third-order valence-electron chi connectivity index (χ3n) is 3.59. The molecule has 0 bridgehead atoms. The lowest BCUT2D eigenvalue weighted by Gasteiger charge is -2.28. The molecule has 0 aliphatic heterocycles. The molecule has 1 amide bonds. The minimum absolute atomic E-state index is 0.0972. The van der Waals surface area contributed by atoms with Crippen molar-refractivity contribution in [1.82, 2.24) is 0 Å². The highest BCUT2D eigenvalue weighted by Gasteiger charge is 2.38. The Balaban J connectivity index is 2.76. The number of nitrogens with one attached hydrogen (secondary N) is 1. The third kappa shape index (κ3) is 3.58. The number of rotatable bonds is 5. The molecule has 2 N–H and O–H groups in total. The van der Waals surface area contributed by atoms with Gasteiger partial charge in [-0.25, -0.2) is 0 Å². The van der Waals surface area contributed by atoms with E-state index in [1.54, 1.807) is 45.0 Å². The van der Waals surface area contributed by atoms with Crippen LogP contribution >= 0.6 is 0 Å². The Hall–Kier alpha value is -2.35. The van der Waals surface area contributed by atoms with E-state index in [0.29, 0.717) is 11.3 Å². The van der Waals surface area contributed by atoms with Crippen LogP contribution in [-0.4, -0.2) is 17.0 Å². The molecule has 0 radical (unpaired) electrons. The summed E-state index contributed by atoms with van der Waals surface area (Å²) in [5.41, 5.74) is -0.0533. The van der Waals surface area contributed by atoms with Gasteiger partial charge in [0, 0.05) is 12.1 Å². The first kappa shape index (κ1) is 15.7. The molecule has 1 aromatic rings. The fraction of sp³-hybridized carbons (Fsp3) is 0.400. The summed E-state index contributed by atoms with van der Waals surface area (Å²) in [7, 11) is 0. The van der Waals surface area contributed by atoms with E-state index < -0.39 is 11.4 Å². The second-order valence-electron chi connectivity index (χ2n) is 5.29. The van der Waals surface area contributed by atoms with Gasteiger partial charge >= 0.3 is 5.97 Å². The molecule has 106 valence electrons. The highest BCUT2D eigenvalue weighted by atomic mass is 16.4. The molecule has 1 rings (SSSR count). The molecule has 0 saturated heterocycles. The standard InChI is InChI=1S/C15H18N2O3/c1-10(2)15(3,14(19)20)8-13(18)17-12-6-4-11(9-16)5-7-12/h4-7,10H,8H2,1-3H3,(H,17,18)(H,19,20). The van der Waals surface area contributed by atoms with Crippen molar-refractivity contribution < 1.29 is 14.7 Å². The number of nitrogens with zero attached hydrogens (tertiary/aromatic N) is 1. The van der Waals surface area contributed by atoms with Crippen LogP contribution in [0.3, 0.4) is 0 Å². The molecule has 1 atom stereocenters. The predicted molar refractivity (Wildman–Crippen MR) is 75.0 cm³/mol. The van der Waals surface area contributed by atoms with Crippen LogP contribution in [0.15, 0.2) is 24.3 Å². The van der Waals surface area contributed by atoms with E-state index in [9.17, 15) is 14.7 Å². The van der Waals surface area contributed by atoms with Gasteiger partial charge in [0.05, 0.1) is 17.0 Å². The highest BCUT2D eigenvalue weighted by Crippen LogP contribution is 2.31. The number of benzene rings is 1. The molecular formula is C15H18N2O3. The summed E-state index contributed by atoms with van der Waals surface area (Å²) in [6.45, 7) is 5.13. The molecule has 5 nitrogen and oxygen atoms in total. The lowest BCUT2D eigenvalue weighted by Crippen LogP contribution is -2.37. The summed E-state index contributed by atoms with van der Waals surface area (Å²) in [5, 5.41) is 20.6. The maximum absolute atomic E-state index is 12.0. The number of anilines is 1. The molecule has 0 heterocycles.